The molecule has 0 radical (unpaired) electrons. The Morgan fingerprint density at radius 2 is 1.20 bits per heavy atom. The van der Waals surface area contributed by atoms with Gasteiger partial charge in [-0.3, -0.25) is 19.6 Å². The number of halogens is 2. The molecule has 3 aliphatic rings. The second-order valence-corrected chi connectivity index (χ2v) is 14.4. The van der Waals surface area contributed by atoms with Crippen molar-refractivity contribution in [2.75, 3.05) is 40.3 Å². The van der Waals surface area contributed by atoms with E-state index < -0.39 is 0 Å². The zero-order chi connectivity index (χ0) is 32.6. The number of aromatic nitrogens is 6. The summed E-state index contributed by atoms with van der Waals surface area (Å²) in [4.78, 5) is 35.0. The van der Waals surface area contributed by atoms with Crippen LogP contribution < -0.4 is 0 Å². The van der Waals surface area contributed by atoms with Crippen molar-refractivity contribution in [1.82, 2.24) is 49.2 Å². The SMILES string of the molecule is CCc1cc(C(=O)N2CCCCCN2C)nc2cc(Br)nn12.CN1CCCCCN1C(=O)c1cc(C2(C)CC2)n2nc(Br)cc2n1. The van der Waals surface area contributed by atoms with Gasteiger partial charge < -0.3 is 0 Å². The lowest BCUT2D eigenvalue weighted by Crippen LogP contribution is -2.44. The Morgan fingerprint density at radius 1 is 0.717 bits per heavy atom. The molecule has 3 fully saturated rings. The Morgan fingerprint density at radius 3 is 1.72 bits per heavy atom. The summed E-state index contributed by atoms with van der Waals surface area (Å²) < 4.78 is 5.13. The van der Waals surface area contributed by atoms with Crippen LogP contribution in [0.4, 0.5) is 0 Å². The molecule has 2 aliphatic heterocycles. The second-order valence-electron chi connectivity index (χ2n) is 12.8. The highest BCUT2D eigenvalue weighted by Crippen LogP contribution is 2.47. The highest BCUT2D eigenvalue weighted by molar-refractivity contribution is 9.10. The molecule has 0 spiro atoms. The van der Waals surface area contributed by atoms with Crippen molar-refractivity contribution in [3.8, 4) is 0 Å². The Balaban J connectivity index is 0.000000162. The Kier molecular flexibility index (Phi) is 9.79. The van der Waals surface area contributed by atoms with E-state index in [4.69, 9.17) is 0 Å². The third-order valence-electron chi connectivity index (χ3n) is 9.28. The molecule has 1 saturated carbocycles. The van der Waals surface area contributed by atoms with E-state index in [2.05, 4.69) is 65.9 Å². The number of amides is 2. The molecular weight excluding hydrogens is 716 g/mol. The van der Waals surface area contributed by atoms with E-state index in [0.717, 1.165) is 104 Å². The first kappa shape index (κ1) is 33.0. The van der Waals surface area contributed by atoms with E-state index in [9.17, 15) is 9.59 Å². The number of hydrazine groups is 2. The lowest BCUT2D eigenvalue weighted by atomic mass is 10.0. The van der Waals surface area contributed by atoms with Gasteiger partial charge in [0.2, 0.25) is 0 Å². The van der Waals surface area contributed by atoms with Crippen molar-refractivity contribution < 1.29 is 9.59 Å². The third kappa shape index (κ3) is 6.85. The molecule has 0 unspecified atom stereocenters. The molecule has 0 bridgehead atoms. The number of hydrogen-bond donors (Lipinski definition) is 0. The predicted octanol–water partition coefficient (Wildman–Crippen LogP) is 5.54. The summed E-state index contributed by atoms with van der Waals surface area (Å²) >= 11 is 6.80. The molecule has 4 aromatic rings. The molecule has 246 valence electrons. The summed E-state index contributed by atoms with van der Waals surface area (Å²) in [6.07, 6.45) is 9.72. The molecule has 1 aliphatic carbocycles. The first-order valence-electron chi connectivity index (χ1n) is 16.3. The second kappa shape index (κ2) is 13.7. The van der Waals surface area contributed by atoms with Gasteiger partial charge in [0, 0.05) is 63.5 Å². The van der Waals surface area contributed by atoms with Gasteiger partial charge in [0.25, 0.3) is 11.8 Å². The number of fused-ring (bicyclic) bond motifs is 2. The van der Waals surface area contributed by atoms with Crippen LogP contribution in [0.1, 0.15) is 97.6 Å². The Bertz CT molecular complexity index is 1750. The Labute approximate surface area is 286 Å². The van der Waals surface area contributed by atoms with Crippen LogP contribution in [-0.2, 0) is 11.8 Å². The molecule has 2 saturated heterocycles. The van der Waals surface area contributed by atoms with Crippen molar-refractivity contribution >= 4 is 55.0 Å². The van der Waals surface area contributed by atoms with Crippen molar-refractivity contribution in [2.24, 2.45) is 0 Å². The Hall–Kier alpha value is -2.94. The minimum atomic E-state index is -0.0288. The summed E-state index contributed by atoms with van der Waals surface area (Å²) in [5.41, 5.74) is 4.61. The fourth-order valence-corrected chi connectivity index (χ4v) is 6.95. The van der Waals surface area contributed by atoms with Crippen molar-refractivity contribution in [1.29, 1.82) is 0 Å². The average Bonchev–Trinajstić information content (AvgIpc) is 3.65. The smallest absolute Gasteiger partial charge is 0.270 e. The largest absolute Gasteiger partial charge is 0.286 e. The number of rotatable bonds is 4. The van der Waals surface area contributed by atoms with E-state index in [1.807, 2.05) is 62.9 Å². The zero-order valence-electron chi connectivity index (χ0n) is 27.0. The summed E-state index contributed by atoms with van der Waals surface area (Å²) in [6.45, 7) is 7.62. The topological polar surface area (TPSA) is 107 Å². The van der Waals surface area contributed by atoms with Crippen LogP contribution in [0.5, 0.6) is 0 Å². The monoisotopic (exact) mass is 756 g/mol. The molecule has 0 aromatic carbocycles. The van der Waals surface area contributed by atoms with Crippen LogP contribution in [-0.4, -0.2) is 101 Å². The fraction of sp³-hybridized carbons (Fsp3) is 0.562. The normalized spacial score (nSPS) is 19.1. The lowest BCUT2D eigenvalue weighted by Gasteiger charge is -2.29. The van der Waals surface area contributed by atoms with Crippen LogP contribution >= 0.6 is 31.9 Å². The van der Waals surface area contributed by atoms with Gasteiger partial charge in [0.1, 0.15) is 20.6 Å². The molecular formula is C32H42Br2N10O2. The third-order valence-corrected chi connectivity index (χ3v) is 10.1. The zero-order valence-corrected chi connectivity index (χ0v) is 30.2. The fourth-order valence-electron chi connectivity index (χ4n) is 6.22. The van der Waals surface area contributed by atoms with Crippen molar-refractivity contribution in [2.45, 2.75) is 77.0 Å². The molecule has 12 nitrogen and oxygen atoms in total. The highest BCUT2D eigenvalue weighted by Gasteiger charge is 2.42. The van der Waals surface area contributed by atoms with Gasteiger partial charge in [-0.25, -0.2) is 29.0 Å². The van der Waals surface area contributed by atoms with Gasteiger partial charge in [-0.05, 0) is 88.9 Å². The molecule has 0 atom stereocenters. The summed E-state index contributed by atoms with van der Waals surface area (Å²) in [6, 6.07) is 7.51. The van der Waals surface area contributed by atoms with E-state index in [0.29, 0.717) is 17.0 Å². The number of hydrogen-bond acceptors (Lipinski definition) is 8. The molecule has 2 amide bonds. The average molecular weight is 759 g/mol. The number of aryl methyl sites for hydroxylation is 1. The standard InChI is InChI=1S/C17H22BrN5O.C15H20BrN5O/c1-17(6-7-17)13-10-12(19-15-11-14(18)20-23(13)15)16(24)22-9-5-3-4-8-21(22)2;1-3-11-9-12(17-14-10-13(16)18-21(11)14)15(22)20-8-6-4-5-7-19(20)2/h10-11H,3-9H2,1-2H3;9-10H,3-8H2,1-2H3. The number of carbonyl (C=O) groups excluding carboxylic acids is 2. The summed E-state index contributed by atoms with van der Waals surface area (Å²) in [5.74, 6) is -0.0383. The lowest BCUT2D eigenvalue weighted by molar-refractivity contribution is 0.0108. The maximum Gasteiger partial charge on any atom is 0.286 e. The van der Waals surface area contributed by atoms with Crippen LogP contribution in [0.3, 0.4) is 0 Å². The maximum absolute atomic E-state index is 13.1. The molecule has 7 rings (SSSR count). The van der Waals surface area contributed by atoms with Crippen molar-refractivity contribution in [3.63, 3.8) is 0 Å². The maximum atomic E-state index is 13.1. The van der Waals surface area contributed by atoms with Gasteiger partial charge >= 0.3 is 0 Å². The van der Waals surface area contributed by atoms with Gasteiger partial charge in [0.05, 0.1) is 5.69 Å². The molecule has 0 N–H and O–H groups in total. The van der Waals surface area contributed by atoms with Gasteiger partial charge in [-0.2, -0.15) is 10.2 Å². The van der Waals surface area contributed by atoms with E-state index >= 15 is 0 Å². The molecule has 46 heavy (non-hydrogen) atoms. The first-order chi connectivity index (χ1) is 22.1. The molecule has 14 heteroatoms. The van der Waals surface area contributed by atoms with Crippen LogP contribution in [0.25, 0.3) is 11.3 Å². The van der Waals surface area contributed by atoms with E-state index in [1.54, 1.807) is 4.52 Å². The van der Waals surface area contributed by atoms with Crippen LogP contribution in [0, 0.1) is 0 Å². The molecule has 6 heterocycles. The summed E-state index contributed by atoms with van der Waals surface area (Å²) in [7, 11) is 3.96. The highest BCUT2D eigenvalue weighted by atomic mass is 79.9. The predicted molar refractivity (Wildman–Crippen MR) is 182 cm³/mol. The number of carbonyl (C=O) groups is 2. The van der Waals surface area contributed by atoms with E-state index in [-0.39, 0.29) is 17.2 Å². The molecule has 4 aromatic heterocycles. The van der Waals surface area contributed by atoms with Crippen LogP contribution in [0.15, 0.2) is 33.5 Å². The minimum absolute atomic E-state index is 0.00952. The minimum Gasteiger partial charge on any atom is -0.270 e. The van der Waals surface area contributed by atoms with Gasteiger partial charge in [-0.15, -0.1) is 0 Å². The van der Waals surface area contributed by atoms with Gasteiger partial charge in [-0.1, -0.05) is 26.7 Å². The summed E-state index contributed by atoms with van der Waals surface area (Å²) in [5, 5.41) is 16.6. The van der Waals surface area contributed by atoms with Crippen molar-refractivity contribution in [3.05, 3.63) is 56.2 Å². The quantitative estimate of drug-likeness (QED) is 0.267. The van der Waals surface area contributed by atoms with Gasteiger partial charge in [0.15, 0.2) is 11.3 Å². The first-order valence-corrected chi connectivity index (χ1v) is 17.8. The van der Waals surface area contributed by atoms with Crippen LogP contribution in [0.2, 0.25) is 0 Å². The van der Waals surface area contributed by atoms with E-state index in [1.165, 1.54) is 6.42 Å². The number of nitrogens with zero attached hydrogens (tertiary/aromatic N) is 10.